The van der Waals surface area contributed by atoms with E-state index >= 15 is 0 Å². The van der Waals surface area contributed by atoms with Crippen LogP contribution in [0.5, 0.6) is 0 Å². The number of aromatic nitrogens is 4. The molecule has 0 saturated carbocycles. The number of halogens is 5. The minimum Gasteiger partial charge on any atom is -0.355 e. The predicted octanol–water partition coefficient (Wildman–Crippen LogP) is 4.46. The summed E-state index contributed by atoms with van der Waals surface area (Å²) in [7, 11) is -3.21. The molecule has 15 heteroatoms. The van der Waals surface area contributed by atoms with Gasteiger partial charge in [-0.15, -0.1) is 0 Å². The average Bonchev–Trinajstić information content (AvgIpc) is 3.22. The number of alkyl halides is 3. The molecule has 1 N–H and O–H groups in total. The summed E-state index contributed by atoms with van der Waals surface area (Å²) in [4.78, 5) is 13.1. The fourth-order valence-corrected chi connectivity index (χ4v) is 6.58. The predicted molar refractivity (Wildman–Crippen MR) is 148 cm³/mol. The minimum atomic E-state index is -4.70. The summed E-state index contributed by atoms with van der Waals surface area (Å²) in [5, 5.41) is 4.63. The first-order valence-corrected chi connectivity index (χ1v) is 15.6. The molecule has 3 aromatic rings. The molecule has 5 rings (SSSR count). The molecule has 2 aliphatic heterocycles. The number of rotatable bonds is 8. The highest BCUT2D eigenvalue weighted by Crippen LogP contribution is 2.38. The van der Waals surface area contributed by atoms with Crippen molar-refractivity contribution in [2.45, 2.75) is 32.0 Å². The smallest absolute Gasteiger partial charge is 0.355 e. The number of benzene rings is 1. The Morgan fingerprint density at radius 1 is 1.18 bits per heavy atom. The zero-order chi connectivity index (χ0) is 28.8. The number of fused-ring (bicyclic) bond motifs is 1. The van der Waals surface area contributed by atoms with E-state index in [1.165, 1.54) is 16.9 Å². The lowest BCUT2D eigenvalue weighted by atomic mass is 9.80. The second-order valence-electron chi connectivity index (χ2n) is 10.6. The zero-order valence-electron chi connectivity index (χ0n) is 22.0. The summed E-state index contributed by atoms with van der Waals surface area (Å²) >= 11 is 12.4. The van der Waals surface area contributed by atoms with E-state index in [1.54, 1.807) is 19.1 Å². The molecule has 2 atom stereocenters. The zero-order valence-corrected chi connectivity index (χ0v) is 24.3. The van der Waals surface area contributed by atoms with E-state index < -0.39 is 27.9 Å². The highest BCUT2D eigenvalue weighted by atomic mass is 35.5. The van der Waals surface area contributed by atoms with Crippen molar-refractivity contribution < 1.29 is 21.6 Å². The quantitative estimate of drug-likeness (QED) is 0.398. The summed E-state index contributed by atoms with van der Waals surface area (Å²) in [6, 6.07) is 4.18. The molecule has 2 aromatic heterocycles. The molecule has 2 fully saturated rings. The van der Waals surface area contributed by atoms with E-state index in [0.717, 1.165) is 45.3 Å². The first-order valence-electron chi connectivity index (χ1n) is 13.0. The fourth-order valence-electron chi connectivity index (χ4n) is 5.55. The van der Waals surface area contributed by atoms with Gasteiger partial charge in [0.25, 0.3) is 0 Å². The van der Waals surface area contributed by atoms with Crippen molar-refractivity contribution in [1.82, 2.24) is 29.4 Å². The number of likely N-dealkylation sites (tertiary alicyclic amines) is 1. The second-order valence-corrected chi connectivity index (χ2v) is 13.2. The third kappa shape index (κ3) is 6.33. The fraction of sp³-hybridized carbons (Fsp3) is 0.560. The number of anilines is 1. The number of nitrogens with zero attached hydrogens (tertiary/aromatic N) is 6. The molecule has 2 saturated heterocycles. The lowest BCUT2D eigenvalue weighted by Crippen LogP contribution is -2.54. The Balaban J connectivity index is 1.33. The molecule has 2 aliphatic rings. The number of sulfonamides is 1. The van der Waals surface area contributed by atoms with Crippen LogP contribution in [0.3, 0.4) is 0 Å². The van der Waals surface area contributed by atoms with Crippen LogP contribution in [0.25, 0.3) is 11.2 Å². The van der Waals surface area contributed by atoms with Crippen LogP contribution in [0.4, 0.5) is 19.0 Å². The van der Waals surface area contributed by atoms with Gasteiger partial charge in [-0.25, -0.2) is 27.8 Å². The van der Waals surface area contributed by atoms with Gasteiger partial charge in [0.1, 0.15) is 11.3 Å². The average molecular weight is 621 g/mol. The summed E-state index contributed by atoms with van der Waals surface area (Å²) in [5.74, 6) is 1.36. The van der Waals surface area contributed by atoms with Gasteiger partial charge in [0.05, 0.1) is 18.5 Å². The lowest BCUT2D eigenvalue weighted by Gasteiger charge is -2.47. The maximum atomic E-state index is 13.9. The van der Waals surface area contributed by atoms with E-state index in [9.17, 15) is 21.6 Å². The maximum absolute atomic E-state index is 13.9. The highest BCUT2D eigenvalue weighted by Gasteiger charge is 2.40. The first kappa shape index (κ1) is 29.3. The van der Waals surface area contributed by atoms with Crippen LogP contribution in [0.2, 0.25) is 10.0 Å². The van der Waals surface area contributed by atoms with Gasteiger partial charge in [-0.05, 0) is 55.8 Å². The molecular formula is C25H30Cl2F3N7O2S. The Kier molecular flexibility index (Phi) is 8.23. The number of nitrogens with one attached hydrogen (secondary N) is 1. The summed E-state index contributed by atoms with van der Waals surface area (Å²) in [6.45, 7) is 6.00. The molecular weight excluding hydrogens is 590 g/mol. The van der Waals surface area contributed by atoms with E-state index in [1.807, 2.05) is 4.90 Å². The molecule has 9 nitrogen and oxygen atoms in total. The standard InChI is InChI=1S/C25H30Cl2F3N7O2S/c1-15(19-6-5-18(26)10-20(19)27)37-24-22(23(34-37)25(28,29)30)31-11-21(33-24)36-13-17(14-36)16-4-3-8-35(12-16)9-7-32-40(2,38)39/h5-6,10-11,15-17,32H,3-4,7-9,12-14H2,1-2H3/t15?,16-/m0/s1. The van der Waals surface area contributed by atoms with E-state index in [-0.39, 0.29) is 11.2 Å². The Bertz CT molecular complexity index is 1500. The summed E-state index contributed by atoms with van der Waals surface area (Å²) < 4.78 is 68.0. The molecule has 1 aromatic carbocycles. The van der Waals surface area contributed by atoms with Crippen molar-refractivity contribution in [2.24, 2.45) is 11.8 Å². The third-order valence-electron chi connectivity index (χ3n) is 7.67. The van der Waals surface area contributed by atoms with Crippen molar-refractivity contribution in [1.29, 1.82) is 0 Å². The Hall–Kier alpha value is -2.19. The van der Waals surface area contributed by atoms with Crippen molar-refractivity contribution in [3.8, 4) is 0 Å². The molecule has 0 spiro atoms. The third-order valence-corrected chi connectivity index (χ3v) is 8.96. The van der Waals surface area contributed by atoms with E-state index in [2.05, 4.69) is 24.7 Å². The van der Waals surface area contributed by atoms with Crippen molar-refractivity contribution in [2.75, 3.05) is 50.4 Å². The lowest BCUT2D eigenvalue weighted by molar-refractivity contribution is -0.140. The number of hydrogen-bond donors (Lipinski definition) is 1. The molecule has 1 unspecified atom stereocenters. The summed E-state index contributed by atoms with van der Waals surface area (Å²) in [6.07, 6.45) is -0.0469. The van der Waals surface area contributed by atoms with Crippen molar-refractivity contribution >= 4 is 50.2 Å². The van der Waals surface area contributed by atoms with Gasteiger partial charge in [0.2, 0.25) is 10.0 Å². The highest BCUT2D eigenvalue weighted by molar-refractivity contribution is 7.88. The number of hydrogen-bond acceptors (Lipinski definition) is 7. The normalized spacial score (nSPS) is 20.2. The van der Waals surface area contributed by atoms with Crippen molar-refractivity contribution in [3.63, 3.8) is 0 Å². The van der Waals surface area contributed by atoms with Gasteiger partial charge >= 0.3 is 6.18 Å². The summed E-state index contributed by atoms with van der Waals surface area (Å²) in [5.41, 5.74) is -0.800. The topological polar surface area (TPSA) is 96.3 Å². The molecule has 218 valence electrons. The minimum absolute atomic E-state index is 0.0361. The van der Waals surface area contributed by atoms with Crippen LogP contribution in [-0.4, -0.2) is 78.6 Å². The van der Waals surface area contributed by atoms with Gasteiger partial charge in [-0.2, -0.15) is 18.3 Å². The molecule has 4 heterocycles. The number of piperidine rings is 1. The molecule has 0 radical (unpaired) electrons. The van der Waals surface area contributed by atoms with Crippen LogP contribution < -0.4 is 9.62 Å². The van der Waals surface area contributed by atoms with Gasteiger partial charge < -0.3 is 9.80 Å². The first-order chi connectivity index (χ1) is 18.8. The Morgan fingerprint density at radius 3 is 2.60 bits per heavy atom. The SMILES string of the molecule is CC(c1ccc(Cl)cc1Cl)n1nc(C(F)(F)F)c2ncc(N3CC([C@H]4CCCN(CCNS(C)(=O)=O)C4)C3)nc21. The van der Waals surface area contributed by atoms with Crippen LogP contribution in [0.15, 0.2) is 24.4 Å². The Morgan fingerprint density at radius 2 is 1.93 bits per heavy atom. The van der Waals surface area contributed by atoms with Crippen LogP contribution in [-0.2, 0) is 16.2 Å². The van der Waals surface area contributed by atoms with Crippen LogP contribution in [0.1, 0.15) is 37.1 Å². The Labute approximate surface area is 240 Å². The molecule has 40 heavy (non-hydrogen) atoms. The second kappa shape index (κ2) is 11.2. The monoisotopic (exact) mass is 619 g/mol. The molecule has 0 amide bonds. The molecule has 0 bridgehead atoms. The van der Waals surface area contributed by atoms with Gasteiger partial charge in [-0.1, -0.05) is 29.3 Å². The van der Waals surface area contributed by atoms with Crippen LogP contribution >= 0.6 is 23.2 Å². The van der Waals surface area contributed by atoms with Gasteiger partial charge in [0.15, 0.2) is 11.3 Å². The van der Waals surface area contributed by atoms with Crippen LogP contribution in [0, 0.1) is 11.8 Å². The largest absolute Gasteiger partial charge is 0.437 e. The van der Waals surface area contributed by atoms with Crippen molar-refractivity contribution in [3.05, 3.63) is 45.7 Å². The van der Waals surface area contributed by atoms with Gasteiger partial charge in [0, 0.05) is 42.8 Å². The molecule has 0 aliphatic carbocycles. The van der Waals surface area contributed by atoms with E-state index in [4.69, 9.17) is 23.2 Å². The maximum Gasteiger partial charge on any atom is 0.437 e. The van der Waals surface area contributed by atoms with Gasteiger partial charge in [-0.3, -0.25) is 0 Å². The van der Waals surface area contributed by atoms with E-state index in [0.29, 0.717) is 46.4 Å².